The first-order valence-electron chi connectivity index (χ1n) is 11.8. The summed E-state index contributed by atoms with van der Waals surface area (Å²) in [6.07, 6.45) is 0.928. The summed E-state index contributed by atoms with van der Waals surface area (Å²) in [6.45, 7) is 8.88. The summed E-state index contributed by atoms with van der Waals surface area (Å²) in [7, 11) is 1.58. The predicted octanol–water partition coefficient (Wildman–Crippen LogP) is 4.51. The largest absolute Gasteiger partial charge is 0.497 e. The van der Waals surface area contributed by atoms with Crippen molar-refractivity contribution in [2.75, 3.05) is 19.0 Å². The van der Waals surface area contributed by atoms with Crippen molar-refractivity contribution in [3.05, 3.63) is 59.2 Å². The Morgan fingerprint density at radius 1 is 1.06 bits per heavy atom. The number of nitrogens with one attached hydrogen (secondary N) is 2. The number of ether oxygens (including phenoxy) is 2. The molecule has 8 heteroatoms. The third kappa shape index (κ3) is 7.21. The van der Waals surface area contributed by atoms with Crippen LogP contribution in [0.15, 0.2) is 42.5 Å². The lowest BCUT2D eigenvalue weighted by molar-refractivity contribution is -0.139. The molecule has 0 radical (unpaired) electrons. The van der Waals surface area contributed by atoms with E-state index in [0.717, 1.165) is 29.5 Å². The summed E-state index contributed by atoms with van der Waals surface area (Å²) in [4.78, 5) is 40.8. The molecule has 1 aliphatic rings. The number of nitrogens with zero attached hydrogens (tertiary/aromatic N) is 1. The second kappa shape index (κ2) is 10.8. The molecule has 0 spiro atoms. The van der Waals surface area contributed by atoms with Gasteiger partial charge in [-0.2, -0.15) is 0 Å². The van der Waals surface area contributed by atoms with Gasteiger partial charge in [0.25, 0.3) is 5.91 Å². The van der Waals surface area contributed by atoms with Crippen molar-refractivity contribution in [1.82, 2.24) is 10.2 Å². The summed E-state index contributed by atoms with van der Waals surface area (Å²) in [6, 6.07) is 12.0. The molecule has 0 bridgehead atoms. The van der Waals surface area contributed by atoms with Crippen LogP contribution in [0.2, 0.25) is 0 Å². The first-order chi connectivity index (χ1) is 16.5. The van der Waals surface area contributed by atoms with Crippen molar-refractivity contribution < 1.29 is 23.9 Å². The minimum Gasteiger partial charge on any atom is -0.497 e. The molecule has 0 heterocycles. The third-order valence-corrected chi connectivity index (χ3v) is 5.62. The summed E-state index contributed by atoms with van der Waals surface area (Å²) in [5.74, 6) is 0.0209. The maximum atomic E-state index is 13.7. The molecule has 3 amide bonds. The summed E-state index contributed by atoms with van der Waals surface area (Å²) >= 11 is 0. The van der Waals surface area contributed by atoms with Crippen LogP contribution in [0.1, 0.15) is 56.3 Å². The van der Waals surface area contributed by atoms with Crippen LogP contribution >= 0.6 is 0 Å². The van der Waals surface area contributed by atoms with E-state index in [1.54, 1.807) is 57.0 Å². The molecule has 188 valence electrons. The first kappa shape index (κ1) is 26.1. The highest BCUT2D eigenvalue weighted by Gasteiger charge is 2.42. The fraction of sp³-hybridized carbons (Fsp3) is 0.444. The molecule has 1 atom stereocenters. The van der Waals surface area contributed by atoms with Crippen molar-refractivity contribution in [2.24, 2.45) is 0 Å². The molecule has 2 aromatic carbocycles. The van der Waals surface area contributed by atoms with E-state index in [1.807, 2.05) is 32.0 Å². The summed E-state index contributed by atoms with van der Waals surface area (Å²) in [5.41, 5.74) is 2.57. The Labute approximate surface area is 207 Å². The van der Waals surface area contributed by atoms with Crippen molar-refractivity contribution in [1.29, 1.82) is 0 Å². The second-order valence-electron chi connectivity index (χ2n) is 9.87. The van der Waals surface area contributed by atoms with E-state index >= 15 is 0 Å². The van der Waals surface area contributed by atoms with E-state index < -0.39 is 17.7 Å². The number of rotatable bonds is 8. The number of alkyl carbamates (subject to hydrolysis) is 1. The number of carbonyl (C=O) groups excluding carboxylic acids is 3. The lowest BCUT2D eigenvalue weighted by atomic mass is 9.96. The van der Waals surface area contributed by atoms with Crippen LogP contribution in [0.4, 0.5) is 10.5 Å². The molecule has 3 rings (SSSR count). The topological polar surface area (TPSA) is 97.0 Å². The van der Waals surface area contributed by atoms with E-state index in [0.29, 0.717) is 11.4 Å². The lowest BCUT2D eigenvalue weighted by Crippen LogP contribution is -2.47. The fourth-order valence-corrected chi connectivity index (χ4v) is 3.82. The fourth-order valence-electron chi connectivity index (χ4n) is 3.82. The highest BCUT2D eigenvalue weighted by atomic mass is 16.6. The van der Waals surface area contributed by atoms with Crippen molar-refractivity contribution in [2.45, 2.75) is 65.1 Å². The van der Waals surface area contributed by atoms with Crippen LogP contribution in [0.5, 0.6) is 5.75 Å². The zero-order valence-corrected chi connectivity index (χ0v) is 21.3. The Balaban J connectivity index is 1.89. The van der Waals surface area contributed by atoms with Gasteiger partial charge in [-0.1, -0.05) is 23.8 Å². The number of anilines is 1. The Morgan fingerprint density at radius 3 is 2.29 bits per heavy atom. The highest BCUT2D eigenvalue weighted by Crippen LogP contribution is 2.37. The Hall–Kier alpha value is -3.55. The van der Waals surface area contributed by atoms with E-state index in [9.17, 15) is 14.4 Å². The average molecular weight is 482 g/mol. The Morgan fingerprint density at radius 2 is 1.71 bits per heavy atom. The number of hydrogen-bond acceptors (Lipinski definition) is 5. The zero-order valence-electron chi connectivity index (χ0n) is 21.3. The van der Waals surface area contributed by atoms with Crippen LogP contribution in [-0.2, 0) is 14.3 Å². The molecular weight excluding hydrogens is 446 g/mol. The van der Waals surface area contributed by atoms with Gasteiger partial charge in [0.1, 0.15) is 23.9 Å². The standard InChI is InChI=1S/C27H35N3O5/c1-17-7-8-18(2)22(15-17)24(25(32)29-19-9-13-21(34-6)14-10-19)30(20-11-12-20)23(31)16-28-26(33)35-27(3,4)5/h7-10,13-15,20,24H,11-12,16H2,1-6H3,(H,28,33)(H,29,32). The molecule has 2 N–H and O–H groups in total. The van der Waals surface area contributed by atoms with E-state index in [1.165, 1.54) is 0 Å². The van der Waals surface area contributed by atoms with Gasteiger partial charge in [-0.25, -0.2) is 4.79 Å². The minimum absolute atomic E-state index is 0.0746. The molecule has 1 saturated carbocycles. The van der Waals surface area contributed by atoms with Gasteiger partial charge >= 0.3 is 6.09 Å². The van der Waals surface area contributed by atoms with Gasteiger partial charge in [-0.15, -0.1) is 0 Å². The van der Waals surface area contributed by atoms with Crippen LogP contribution in [0.3, 0.4) is 0 Å². The number of methoxy groups -OCH3 is 1. The van der Waals surface area contributed by atoms with Gasteiger partial charge < -0.3 is 25.0 Å². The van der Waals surface area contributed by atoms with Crippen molar-refractivity contribution in [3.8, 4) is 5.75 Å². The molecular formula is C27H35N3O5. The molecule has 0 aliphatic heterocycles. The maximum Gasteiger partial charge on any atom is 0.408 e. The average Bonchev–Trinajstić information content (AvgIpc) is 3.62. The van der Waals surface area contributed by atoms with Gasteiger partial charge in [0.15, 0.2) is 0 Å². The van der Waals surface area contributed by atoms with Crippen molar-refractivity contribution >= 4 is 23.6 Å². The molecule has 1 unspecified atom stereocenters. The number of carbonyl (C=O) groups is 3. The monoisotopic (exact) mass is 481 g/mol. The van der Waals surface area contributed by atoms with Gasteiger partial charge in [-0.3, -0.25) is 9.59 Å². The quantitative estimate of drug-likeness (QED) is 0.578. The first-order valence-corrected chi connectivity index (χ1v) is 11.8. The normalized spacial score (nSPS) is 14.0. The molecule has 0 aromatic heterocycles. The molecule has 0 saturated heterocycles. The van der Waals surface area contributed by atoms with Crippen LogP contribution in [0.25, 0.3) is 0 Å². The smallest absolute Gasteiger partial charge is 0.408 e. The lowest BCUT2D eigenvalue weighted by Gasteiger charge is -2.33. The number of aryl methyl sites for hydroxylation is 2. The number of benzene rings is 2. The summed E-state index contributed by atoms with van der Waals surface area (Å²) < 4.78 is 10.5. The Kier molecular flexibility index (Phi) is 8.04. The second-order valence-corrected chi connectivity index (χ2v) is 9.87. The molecule has 2 aromatic rings. The van der Waals surface area contributed by atoms with Gasteiger partial charge in [0, 0.05) is 11.7 Å². The summed E-state index contributed by atoms with van der Waals surface area (Å²) in [5, 5.41) is 5.49. The highest BCUT2D eigenvalue weighted by molar-refractivity contribution is 5.98. The number of hydrogen-bond donors (Lipinski definition) is 2. The molecule has 1 aliphatic carbocycles. The molecule has 8 nitrogen and oxygen atoms in total. The predicted molar refractivity (Wildman–Crippen MR) is 134 cm³/mol. The maximum absolute atomic E-state index is 13.7. The minimum atomic E-state index is -0.850. The van der Waals surface area contributed by atoms with Gasteiger partial charge in [0.05, 0.1) is 7.11 Å². The van der Waals surface area contributed by atoms with E-state index in [2.05, 4.69) is 10.6 Å². The third-order valence-electron chi connectivity index (χ3n) is 5.62. The zero-order chi connectivity index (χ0) is 25.8. The van der Waals surface area contributed by atoms with Crippen LogP contribution in [0, 0.1) is 13.8 Å². The Bertz CT molecular complexity index is 1070. The van der Waals surface area contributed by atoms with Gasteiger partial charge in [0.2, 0.25) is 5.91 Å². The van der Waals surface area contributed by atoms with Crippen LogP contribution in [-0.4, -0.2) is 48.1 Å². The van der Waals surface area contributed by atoms with Gasteiger partial charge in [-0.05, 0) is 82.9 Å². The van der Waals surface area contributed by atoms with E-state index in [-0.39, 0.29) is 24.4 Å². The van der Waals surface area contributed by atoms with E-state index in [4.69, 9.17) is 9.47 Å². The van der Waals surface area contributed by atoms with Crippen LogP contribution < -0.4 is 15.4 Å². The van der Waals surface area contributed by atoms with Crippen molar-refractivity contribution in [3.63, 3.8) is 0 Å². The molecule has 1 fully saturated rings. The SMILES string of the molecule is COc1ccc(NC(=O)C(c2cc(C)ccc2C)N(C(=O)CNC(=O)OC(C)(C)C)C2CC2)cc1. The molecule has 35 heavy (non-hydrogen) atoms. The number of amides is 3.